The number of carbonyl (C=O) groups is 6. The first-order valence-electron chi connectivity index (χ1n) is 28.7. The Balaban J connectivity index is 0.000000180. The summed E-state index contributed by atoms with van der Waals surface area (Å²) < 4.78 is 26.6. The third kappa shape index (κ3) is 18.9. The van der Waals surface area contributed by atoms with Crippen LogP contribution in [0.1, 0.15) is 122 Å². The number of furan rings is 2. The first-order chi connectivity index (χ1) is 41.2. The normalized spacial score (nSPS) is 14.7. The lowest BCUT2D eigenvalue weighted by atomic mass is 10.0. The topological polar surface area (TPSA) is 270 Å². The smallest absolute Gasteiger partial charge is 0.412 e. The highest BCUT2D eigenvalue weighted by Gasteiger charge is 2.30. The molecule has 87 heavy (non-hydrogen) atoms. The molecule has 10 rings (SSSR count). The molecule has 0 aliphatic carbocycles. The number of Topliss-reactive ketones (excluding diaryl/α,β-unsaturated/α-hetero) is 2. The van der Waals surface area contributed by atoms with Gasteiger partial charge in [0.25, 0.3) is 0 Å². The molecule has 0 atom stereocenters. The van der Waals surface area contributed by atoms with E-state index >= 15 is 0 Å². The number of piperidine rings is 1. The van der Waals surface area contributed by atoms with Crippen molar-refractivity contribution in [3.8, 4) is 22.3 Å². The molecule has 0 unspecified atom stereocenters. The Morgan fingerprint density at radius 2 is 0.943 bits per heavy atom. The number of ether oxygens (including phenoxy) is 3. The van der Waals surface area contributed by atoms with Gasteiger partial charge in [0.15, 0.2) is 21.6 Å². The predicted octanol–water partition coefficient (Wildman–Crippen LogP) is 12.5. The van der Waals surface area contributed by atoms with Crippen molar-refractivity contribution < 1.29 is 56.9 Å². The van der Waals surface area contributed by atoms with Gasteiger partial charge in [-0.2, -0.15) is 0 Å². The van der Waals surface area contributed by atoms with Crippen LogP contribution < -0.4 is 25.8 Å². The molecule has 0 saturated carbocycles. The molecule has 0 spiro atoms. The number of carbonyl (C=O) groups excluding carboxylic acids is 5. The number of nitrogens with two attached hydrogens (primary N) is 1. The van der Waals surface area contributed by atoms with E-state index in [2.05, 4.69) is 30.1 Å². The molecule has 3 amide bonds. The number of carboxylic acids is 1. The molecule has 464 valence electrons. The summed E-state index contributed by atoms with van der Waals surface area (Å²) in [5.41, 5.74) is 10.6. The van der Waals surface area contributed by atoms with E-state index in [4.69, 9.17) is 33.9 Å². The second-order valence-corrected chi connectivity index (χ2v) is 26.5. The number of piperazine rings is 2. The molecule has 3 saturated heterocycles. The van der Waals surface area contributed by atoms with Gasteiger partial charge in [0, 0.05) is 117 Å². The number of nitrogens with one attached hydrogen (secondary N) is 1. The van der Waals surface area contributed by atoms with Gasteiger partial charge in [-0.1, -0.05) is 12.1 Å². The number of aromatic carboxylic acids is 1. The van der Waals surface area contributed by atoms with Crippen LogP contribution in [0.2, 0.25) is 0 Å². The summed E-state index contributed by atoms with van der Waals surface area (Å²) >= 11 is 3.81. The van der Waals surface area contributed by atoms with Crippen LogP contribution in [0.4, 0.5) is 43.2 Å². The predicted molar refractivity (Wildman–Crippen MR) is 338 cm³/mol. The highest BCUT2D eigenvalue weighted by atomic mass is 32.1. The minimum atomic E-state index is -1.02. The van der Waals surface area contributed by atoms with Crippen LogP contribution in [0.5, 0.6) is 0 Å². The standard InChI is InChI=1S/C29H36N4O6S.C20H21N3O2S.C13H19N3O4S/c1-28(2,3)38-26(35)30-22-8-7-19(20-9-14-37-17-20)15-21(22)16-23(34)25-31-24(18-40-25)32-10-12-33(13-11-32)27(36)39-29(4,5)6;21-17-5-4-14(15-6-9-25-12-15)10-16(17)11-18(24)20-22-19(13-26-20)23-7-2-1-3-8-23;1-13(2,3)20-12(19)16-6-4-15(5-7-16)9-8-21-10(14-9)11(17)18/h7-9,14-15,17-18H,10-13,16H2,1-6H3,(H,30,35);4-6,9-10,12-13H,1-3,7-8,11,21H2;8H,4-7H2,1-3H3,(H,17,18). The van der Waals surface area contributed by atoms with Crippen LogP contribution >= 0.6 is 34.0 Å². The van der Waals surface area contributed by atoms with Crippen molar-refractivity contribution in [1.82, 2.24) is 24.8 Å². The number of benzene rings is 2. The van der Waals surface area contributed by atoms with Crippen molar-refractivity contribution in [3.63, 3.8) is 0 Å². The minimum Gasteiger partial charge on any atom is -0.476 e. The van der Waals surface area contributed by atoms with Gasteiger partial charge in [-0.15, -0.1) is 34.0 Å². The summed E-state index contributed by atoms with van der Waals surface area (Å²) in [4.78, 5) is 96.6. The fourth-order valence-electron chi connectivity index (χ4n) is 9.35. The van der Waals surface area contributed by atoms with Gasteiger partial charge in [0.1, 0.15) is 34.3 Å². The molecule has 2 aromatic carbocycles. The van der Waals surface area contributed by atoms with Gasteiger partial charge in [0.2, 0.25) is 5.01 Å². The van der Waals surface area contributed by atoms with Crippen molar-refractivity contribution in [2.45, 2.75) is 111 Å². The number of carboxylic acid groups (broad SMARTS) is 1. The fraction of sp³-hybridized carbons (Fsp3) is 0.435. The molecule has 3 fully saturated rings. The van der Waals surface area contributed by atoms with E-state index in [1.54, 1.807) is 67.1 Å². The number of nitrogens with zero attached hydrogens (tertiary/aromatic N) is 8. The molecule has 8 heterocycles. The highest BCUT2D eigenvalue weighted by molar-refractivity contribution is 7.12. The zero-order valence-corrected chi connectivity index (χ0v) is 53.0. The van der Waals surface area contributed by atoms with Crippen molar-refractivity contribution in [2.75, 3.05) is 91.2 Å². The third-order valence-corrected chi connectivity index (χ3v) is 16.2. The monoisotopic (exact) mass is 1250 g/mol. The molecule has 3 aliphatic heterocycles. The lowest BCUT2D eigenvalue weighted by Gasteiger charge is -2.35. The maximum absolute atomic E-state index is 13.3. The van der Waals surface area contributed by atoms with Gasteiger partial charge in [-0.25, -0.2) is 34.1 Å². The lowest BCUT2D eigenvalue weighted by Crippen LogP contribution is -2.50. The SMILES string of the molecule is CC(C)(C)OC(=O)N1CCN(c2csc(C(=O)O)n2)CC1.CC(C)(C)OC(=O)Nc1ccc(-c2ccoc2)cc1CC(=O)c1nc(N2CCN(C(=O)OC(C)(C)C)CC2)cs1.Nc1ccc(-c2ccoc2)cc1CC(=O)c1nc(N2CCCCC2)cs1. The maximum atomic E-state index is 13.3. The van der Waals surface area contributed by atoms with E-state index in [1.165, 1.54) is 41.9 Å². The summed E-state index contributed by atoms with van der Waals surface area (Å²) in [7, 11) is 0. The van der Waals surface area contributed by atoms with Gasteiger partial charge < -0.3 is 58.4 Å². The van der Waals surface area contributed by atoms with Crippen molar-refractivity contribution in [2.24, 2.45) is 0 Å². The Bertz CT molecular complexity index is 3460. The van der Waals surface area contributed by atoms with E-state index in [-0.39, 0.29) is 41.6 Å². The van der Waals surface area contributed by atoms with E-state index in [1.807, 2.05) is 99.7 Å². The van der Waals surface area contributed by atoms with Gasteiger partial charge in [-0.05, 0) is 140 Å². The average Bonchev–Trinajstić information content (AvgIpc) is 3.47. The van der Waals surface area contributed by atoms with Gasteiger partial charge in [-0.3, -0.25) is 14.9 Å². The van der Waals surface area contributed by atoms with E-state index < -0.39 is 28.9 Å². The number of nitrogen functional groups attached to an aromatic ring is 1. The number of rotatable bonds is 13. The van der Waals surface area contributed by atoms with Gasteiger partial charge in [0.05, 0.1) is 25.1 Å². The molecule has 3 aliphatic rings. The molecule has 22 nitrogen and oxygen atoms in total. The van der Waals surface area contributed by atoms with Crippen molar-refractivity contribution >= 4 is 98.7 Å². The molecular formula is C62H76N10O12S3. The largest absolute Gasteiger partial charge is 0.476 e. The number of anilines is 5. The Labute approximate surface area is 518 Å². The second-order valence-electron chi connectivity index (χ2n) is 23.9. The zero-order chi connectivity index (χ0) is 62.6. The summed E-state index contributed by atoms with van der Waals surface area (Å²) in [5, 5.41) is 18.2. The average molecular weight is 1250 g/mol. The summed E-state index contributed by atoms with van der Waals surface area (Å²) in [6, 6.07) is 14.9. The van der Waals surface area contributed by atoms with Gasteiger partial charge >= 0.3 is 24.2 Å². The molecule has 0 bridgehead atoms. The van der Waals surface area contributed by atoms with Crippen LogP contribution in [0.25, 0.3) is 22.3 Å². The van der Waals surface area contributed by atoms with Crippen molar-refractivity contribution in [3.05, 3.63) is 116 Å². The summed E-state index contributed by atoms with van der Waals surface area (Å²) in [5.74, 6) is 1.11. The minimum absolute atomic E-state index is 0.00861. The quantitative estimate of drug-likeness (QED) is 0.0550. The molecule has 25 heteroatoms. The van der Waals surface area contributed by atoms with E-state index in [0.717, 1.165) is 58.1 Å². The number of thiazole rings is 3. The van der Waals surface area contributed by atoms with E-state index in [0.29, 0.717) is 90.9 Å². The van der Waals surface area contributed by atoms with Crippen LogP contribution in [-0.2, 0) is 27.1 Å². The number of ketones is 2. The zero-order valence-electron chi connectivity index (χ0n) is 50.6. The molecule has 4 N–H and O–H groups in total. The maximum Gasteiger partial charge on any atom is 0.412 e. The number of aromatic nitrogens is 3. The van der Waals surface area contributed by atoms with Crippen LogP contribution in [0.3, 0.4) is 0 Å². The molecule has 5 aromatic heterocycles. The molecule has 0 radical (unpaired) electrons. The Morgan fingerprint density at radius 1 is 0.529 bits per heavy atom. The van der Waals surface area contributed by atoms with E-state index in [9.17, 15) is 28.8 Å². The highest BCUT2D eigenvalue weighted by Crippen LogP contribution is 2.31. The number of hydrogen-bond acceptors (Lipinski definition) is 21. The first kappa shape index (κ1) is 64.7. The van der Waals surface area contributed by atoms with Crippen LogP contribution in [0.15, 0.2) is 98.6 Å². The number of hydrogen-bond donors (Lipinski definition) is 3. The molecule has 7 aromatic rings. The first-order valence-corrected chi connectivity index (χ1v) is 31.3. The lowest BCUT2D eigenvalue weighted by molar-refractivity contribution is 0.0230. The van der Waals surface area contributed by atoms with Crippen LogP contribution in [0, 0.1) is 0 Å². The Kier molecular flexibility index (Phi) is 21.2. The van der Waals surface area contributed by atoms with Crippen LogP contribution in [-0.4, -0.2) is 148 Å². The summed E-state index contributed by atoms with van der Waals surface area (Å²) in [6.07, 6.45) is 9.24. The van der Waals surface area contributed by atoms with Crippen molar-refractivity contribution in [1.29, 1.82) is 0 Å². The Hall–Kier alpha value is -8.29. The Morgan fingerprint density at radius 3 is 1.37 bits per heavy atom. The fourth-order valence-corrected chi connectivity index (χ4v) is 11.5. The molecular weight excluding hydrogens is 1170 g/mol. The number of amides is 3. The summed E-state index contributed by atoms with van der Waals surface area (Å²) in [6.45, 7) is 23.0. The second kappa shape index (κ2) is 28.5. The third-order valence-electron chi connectivity index (χ3n) is 13.6.